The minimum Gasteiger partial charge on any atom is -0.378 e. The minimum absolute atomic E-state index is 0.0940. The molecule has 1 saturated heterocycles. The predicted octanol–water partition coefficient (Wildman–Crippen LogP) is 0.992. The van der Waals surface area contributed by atoms with Gasteiger partial charge in [0, 0.05) is 25.6 Å². The molecule has 0 aromatic carbocycles. The van der Waals surface area contributed by atoms with Gasteiger partial charge >= 0.3 is 0 Å². The fourth-order valence-electron chi connectivity index (χ4n) is 2.27. The van der Waals surface area contributed by atoms with E-state index in [1.54, 1.807) is 0 Å². The number of amides is 1. The summed E-state index contributed by atoms with van der Waals surface area (Å²) in [5.74, 6) is 0.0940. The van der Waals surface area contributed by atoms with Gasteiger partial charge in [-0.3, -0.25) is 4.79 Å². The summed E-state index contributed by atoms with van der Waals surface area (Å²) >= 11 is 0. The van der Waals surface area contributed by atoms with Gasteiger partial charge in [-0.15, -0.1) is 0 Å². The van der Waals surface area contributed by atoms with Crippen molar-refractivity contribution in [2.24, 2.45) is 0 Å². The number of carbonyl (C=O) groups is 1. The van der Waals surface area contributed by atoms with Crippen molar-refractivity contribution in [3.05, 3.63) is 0 Å². The Morgan fingerprint density at radius 2 is 2.15 bits per heavy atom. The van der Waals surface area contributed by atoms with Gasteiger partial charge < -0.3 is 20.3 Å². The molecule has 1 rings (SSSR count). The largest absolute Gasteiger partial charge is 0.378 e. The molecule has 0 aromatic rings. The van der Waals surface area contributed by atoms with Crippen molar-refractivity contribution in [2.75, 3.05) is 39.8 Å². The topological polar surface area (TPSA) is 53.6 Å². The van der Waals surface area contributed by atoms with E-state index in [0.717, 1.165) is 38.9 Å². The summed E-state index contributed by atoms with van der Waals surface area (Å²) in [7, 11) is 2.10. The van der Waals surface area contributed by atoms with Crippen LogP contribution in [-0.4, -0.2) is 62.8 Å². The van der Waals surface area contributed by atoms with E-state index in [9.17, 15) is 4.79 Å². The average Bonchev–Trinajstić information content (AvgIpc) is 2.47. The molecule has 2 N–H and O–H groups in total. The molecule has 0 aromatic heterocycles. The van der Waals surface area contributed by atoms with Crippen LogP contribution in [-0.2, 0) is 9.53 Å². The molecule has 0 bridgehead atoms. The SMILES string of the molecule is CCC(C)N(C)CCNC(=O)CCOC1CCNCC1. The molecule has 1 aliphatic heterocycles. The number of ether oxygens (including phenoxy) is 1. The first-order valence-corrected chi connectivity index (χ1v) is 7.92. The van der Waals surface area contributed by atoms with E-state index >= 15 is 0 Å². The number of carbonyl (C=O) groups excluding carboxylic acids is 1. The maximum absolute atomic E-state index is 11.7. The van der Waals surface area contributed by atoms with Crippen molar-refractivity contribution in [1.82, 2.24) is 15.5 Å². The lowest BCUT2D eigenvalue weighted by Gasteiger charge is -2.24. The second-order valence-electron chi connectivity index (χ2n) is 5.66. The monoisotopic (exact) mass is 285 g/mol. The molecule has 0 saturated carbocycles. The van der Waals surface area contributed by atoms with Crippen LogP contribution in [0, 0.1) is 0 Å². The Hall–Kier alpha value is -0.650. The second kappa shape index (κ2) is 10.1. The van der Waals surface area contributed by atoms with Crippen molar-refractivity contribution in [2.45, 2.75) is 51.7 Å². The van der Waals surface area contributed by atoms with Crippen LogP contribution in [0.2, 0.25) is 0 Å². The lowest BCUT2D eigenvalue weighted by molar-refractivity contribution is -0.122. The first-order chi connectivity index (χ1) is 9.63. The van der Waals surface area contributed by atoms with E-state index in [1.807, 2.05) is 0 Å². The van der Waals surface area contributed by atoms with Crippen molar-refractivity contribution in [3.63, 3.8) is 0 Å². The zero-order valence-electron chi connectivity index (χ0n) is 13.3. The molecule has 1 fully saturated rings. The normalized spacial score (nSPS) is 18.2. The minimum atomic E-state index is 0.0940. The van der Waals surface area contributed by atoms with Crippen LogP contribution in [0.15, 0.2) is 0 Å². The Bertz CT molecular complexity index is 258. The van der Waals surface area contributed by atoms with E-state index in [2.05, 4.69) is 36.4 Å². The maximum Gasteiger partial charge on any atom is 0.222 e. The molecule has 1 heterocycles. The number of likely N-dealkylation sites (N-methyl/N-ethyl adjacent to an activating group) is 1. The summed E-state index contributed by atoms with van der Waals surface area (Å²) in [5, 5.41) is 6.26. The standard InChI is InChI=1S/C15H31N3O2/c1-4-13(2)18(3)11-10-17-15(19)7-12-20-14-5-8-16-9-6-14/h13-14,16H,4-12H2,1-3H3,(H,17,19). The quantitative estimate of drug-likeness (QED) is 0.663. The summed E-state index contributed by atoms with van der Waals surface area (Å²) in [5.41, 5.74) is 0. The number of piperidine rings is 1. The molecule has 0 radical (unpaired) electrons. The van der Waals surface area contributed by atoms with Gasteiger partial charge in [-0.05, 0) is 46.3 Å². The van der Waals surface area contributed by atoms with Crippen LogP contribution in [0.25, 0.3) is 0 Å². The van der Waals surface area contributed by atoms with Gasteiger partial charge in [0.25, 0.3) is 0 Å². The van der Waals surface area contributed by atoms with Gasteiger partial charge in [0.15, 0.2) is 0 Å². The number of hydrogen-bond donors (Lipinski definition) is 2. The number of nitrogens with zero attached hydrogens (tertiary/aromatic N) is 1. The van der Waals surface area contributed by atoms with Crippen molar-refractivity contribution >= 4 is 5.91 Å². The summed E-state index contributed by atoms with van der Waals surface area (Å²) in [4.78, 5) is 14.0. The molecule has 0 spiro atoms. The van der Waals surface area contributed by atoms with Gasteiger partial charge in [-0.25, -0.2) is 0 Å². The molecule has 1 unspecified atom stereocenters. The fourth-order valence-corrected chi connectivity index (χ4v) is 2.27. The van der Waals surface area contributed by atoms with E-state index < -0.39 is 0 Å². The Morgan fingerprint density at radius 3 is 2.80 bits per heavy atom. The van der Waals surface area contributed by atoms with Gasteiger partial charge in [0.05, 0.1) is 12.7 Å². The summed E-state index contributed by atoms with van der Waals surface area (Å²) in [6, 6.07) is 0.565. The van der Waals surface area contributed by atoms with Crippen molar-refractivity contribution in [1.29, 1.82) is 0 Å². The Balaban J connectivity index is 1.99. The van der Waals surface area contributed by atoms with E-state index in [4.69, 9.17) is 4.74 Å². The smallest absolute Gasteiger partial charge is 0.222 e. The van der Waals surface area contributed by atoms with Crippen LogP contribution in [0.1, 0.15) is 39.5 Å². The lowest BCUT2D eigenvalue weighted by Crippen LogP contribution is -2.37. The Labute approximate surface area is 123 Å². The molecular weight excluding hydrogens is 254 g/mol. The van der Waals surface area contributed by atoms with Crippen LogP contribution in [0.5, 0.6) is 0 Å². The number of hydrogen-bond acceptors (Lipinski definition) is 4. The molecule has 1 atom stereocenters. The number of nitrogens with one attached hydrogen (secondary N) is 2. The highest BCUT2D eigenvalue weighted by atomic mass is 16.5. The zero-order valence-corrected chi connectivity index (χ0v) is 13.3. The molecular formula is C15H31N3O2. The third kappa shape index (κ3) is 7.22. The molecule has 1 amide bonds. The van der Waals surface area contributed by atoms with Gasteiger partial charge in [0.2, 0.25) is 5.91 Å². The highest BCUT2D eigenvalue weighted by molar-refractivity contribution is 5.75. The van der Waals surface area contributed by atoms with Crippen LogP contribution in [0.4, 0.5) is 0 Å². The van der Waals surface area contributed by atoms with E-state index in [0.29, 0.717) is 31.7 Å². The highest BCUT2D eigenvalue weighted by Gasteiger charge is 2.13. The molecule has 5 heteroatoms. The van der Waals surface area contributed by atoms with E-state index in [-0.39, 0.29) is 5.91 Å². The Morgan fingerprint density at radius 1 is 1.45 bits per heavy atom. The fraction of sp³-hybridized carbons (Fsp3) is 0.933. The van der Waals surface area contributed by atoms with Crippen LogP contribution >= 0.6 is 0 Å². The molecule has 1 aliphatic rings. The highest BCUT2D eigenvalue weighted by Crippen LogP contribution is 2.07. The average molecular weight is 285 g/mol. The van der Waals surface area contributed by atoms with Crippen LogP contribution < -0.4 is 10.6 Å². The van der Waals surface area contributed by atoms with Crippen LogP contribution in [0.3, 0.4) is 0 Å². The Kier molecular flexibility index (Phi) is 8.82. The van der Waals surface area contributed by atoms with Crippen molar-refractivity contribution in [3.8, 4) is 0 Å². The maximum atomic E-state index is 11.7. The third-order valence-electron chi connectivity index (χ3n) is 4.10. The predicted molar refractivity (Wildman–Crippen MR) is 81.9 cm³/mol. The lowest BCUT2D eigenvalue weighted by atomic mass is 10.1. The summed E-state index contributed by atoms with van der Waals surface area (Å²) in [6.45, 7) is 8.59. The second-order valence-corrected chi connectivity index (χ2v) is 5.66. The third-order valence-corrected chi connectivity index (χ3v) is 4.10. The molecule has 20 heavy (non-hydrogen) atoms. The van der Waals surface area contributed by atoms with E-state index in [1.165, 1.54) is 0 Å². The summed E-state index contributed by atoms with van der Waals surface area (Å²) < 4.78 is 5.73. The van der Waals surface area contributed by atoms with Crippen molar-refractivity contribution < 1.29 is 9.53 Å². The zero-order chi connectivity index (χ0) is 14.8. The van der Waals surface area contributed by atoms with Gasteiger partial charge in [-0.2, -0.15) is 0 Å². The molecule has 0 aliphatic carbocycles. The summed E-state index contributed by atoms with van der Waals surface area (Å²) in [6.07, 6.45) is 4.05. The van der Waals surface area contributed by atoms with Gasteiger partial charge in [0.1, 0.15) is 0 Å². The molecule has 118 valence electrons. The van der Waals surface area contributed by atoms with Gasteiger partial charge in [-0.1, -0.05) is 6.92 Å². The first kappa shape index (κ1) is 17.4. The number of rotatable bonds is 9. The first-order valence-electron chi connectivity index (χ1n) is 7.92. The molecule has 5 nitrogen and oxygen atoms in total.